The van der Waals surface area contributed by atoms with Crippen LogP contribution in [0.15, 0.2) is 53.5 Å². The van der Waals surface area contributed by atoms with Crippen LogP contribution in [0.4, 0.5) is 0 Å². The average Bonchev–Trinajstić information content (AvgIpc) is 2.74. The van der Waals surface area contributed by atoms with Gasteiger partial charge in [-0.05, 0) is 43.0 Å². The summed E-state index contributed by atoms with van der Waals surface area (Å²) < 4.78 is 5.38. The lowest BCUT2D eigenvalue weighted by molar-refractivity contribution is -0.121. The molecular formula is C23H33IN4O2. The highest BCUT2D eigenvalue weighted by Crippen LogP contribution is 2.18. The van der Waals surface area contributed by atoms with E-state index in [4.69, 9.17) is 4.74 Å². The van der Waals surface area contributed by atoms with Crippen molar-refractivity contribution < 1.29 is 9.53 Å². The molecule has 2 rings (SSSR count). The lowest BCUT2D eigenvalue weighted by atomic mass is 10.1. The molecule has 1 amide bonds. The van der Waals surface area contributed by atoms with Crippen LogP contribution in [-0.2, 0) is 17.8 Å². The van der Waals surface area contributed by atoms with E-state index in [0.717, 1.165) is 42.3 Å². The van der Waals surface area contributed by atoms with Gasteiger partial charge >= 0.3 is 0 Å². The molecule has 7 heteroatoms. The van der Waals surface area contributed by atoms with Crippen molar-refractivity contribution in [2.45, 2.75) is 33.2 Å². The number of halogens is 1. The predicted octanol–water partition coefficient (Wildman–Crippen LogP) is 3.43. The molecule has 0 aliphatic carbocycles. The number of hydrogen-bond donors (Lipinski definition) is 3. The molecule has 0 heterocycles. The van der Waals surface area contributed by atoms with Crippen LogP contribution in [-0.4, -0.2) is 38.6 Å². The summed E-state index contributed by atoms with van der Waals surface area (Å²) in [6.45, 7) is 6.56. The van der Waals surface area contributed by atoms with E-state index in [9.17, 15) is 4.79 Å². The molecule has 164 valence electrons. The van der Waals surface area contributed by atoms with Gasteiger partial charge in [-0.15, -0.1) is 24.0 Å². The minimum Gasteiger partial charge on any atom is -0.496 e. The van der Waals surface area contributed by atoms with Crippen LogP contribution < -0.4 is 20.7 Å². The minimum absolute atomic E-state index is 0. The Morgan fingerprint density at radius 3 is 2.50 bits per heavy atom. The Balaban J connectivity index is 0.00000450. The second-order valence-corrected chi connectivity index (χ2v) is 6.75. The number of aryl methyl sites for hydroxylation is 1. The Labute approximate surface area is 196 Å². The van der Waals surface area contributed by atoms with Crippen LogP contribution in [0.3, 0.4) is 0 Å². The molecule has 30 heavy (non-hydrogen) atoms. The van der Waals surface area contributed by atoms with E-state index in [-0.39, 0.29) is 29.9 Å². The van der Waals surface area contributed by atoms with Crippen LogP contribution in [0.1, 0.15) is 30.0 Å². The molecule has 0 saturated heterocycles. The zero-order valence-electron chi connectivity index (χ0n) is 18.0. The highest BCUT2D eigenvalue weighted by molar-refractivity contribution is 14.0. The van der Waals surface area contributed by atoms with Gasteiger partial charge in [-0.25, -0.2) is 0 Å². The molecule has 0 fully saturated rings. The Morgan fingerprint density at radius 1 is 1.03 bits per heavy atom. The van der Waals surface area contributed by atoms with Crippen molar-refractivity contribution in [3.05, 3.63) is 65.2 Å². The first-order chi connectivity index (χ1) is 14.1. The number of carbonyl (C=O) groups is 1. The quantitative estimate of drug-likeness (QED) is 0.253. The van der Waals surface area contributed by atoms with E-state index in [1.807, 2.05) is 44.2 Å². The van der Waals surface area contributed by atoms with Crippen LogP contribution in [0.2, 0.25) is 0 Å². The van der Waals surface area contributed by atoms with Gasteiger partial charge in [0.2, 0.25) is 5.91 Å². The average molecular weight is 524 g/mol. The Morgan fingerprint density at radius 2 is 1.80 bits per heavy atom. The first-order valence-corrected chi connectivity index (χ1v) is 10.1. The summed E-state index contributed by atoms with van der Waals surface area (Å²) in [6, 6.07) is 16.1. The molecule has 0 saturated carbocycles. The first-order valence-electron chi connectivity index (χ1n) is 10.1. The molecule has 2 aromatic carbocycles. The molecule has 6 nitrogen and oxygen atoms in total. The van der Waals surface area contributed by atoms with Crippen LogP contribution in [0, 0.1) is 6.92 Å². The van der Waals surface area contributed by atoms with Crippen molar-refractivity contribution in [1.29, 1.82) is 0 Å². The summed E-state index contributed by atoms with van der Waals surface area (Å²) in [7, 11) is 1.69. The number of methoxy groups -OCH3 is 1. The zero-order chi connectivity index (χ0) is 20.9. The maximum absolute atomic E-state index is 12.0. The molecule has 3 N–H and O–H groups in total. The lowest BCUT2D eigenvalue weighted by Gasteiger charge is -2.12. The SMILES string of the molecule is CCNC(=NCCC(=O)NCc1ccccc1)NCCc1ccc(C)c(OC)c1.I. The van der Waals surface area contributed by atoms with E-state index in [1.54, 1.807) is 7.11 Å². The molecule has 0 aliphatic heterocycles. The van der Waals surface area contributed by atoms with Gasteiger partial charge in [0.05, 0.1) is 13.7 Å². The molecule has 0 unspecified atom stereocenters. The molecule has 0 radical (unpaired) electrons. The highest BCUT2D eigenvalue weighted by Gasteiger charge is 2.04. The van der Waals surface area contributed by atoms with Crippen molar-refractivity contribution >= 4 is 35.8 Å². The van der Waals surface area contributed by atoms with Gasteiger partial charge in [0.1, 0.15) is 5.75 Å². The van der Waals surface area contributed by atoms with Gasteiger partial charge < -0.3 is 20.7 Å². The summed E-state index contributed by atoms with van der Waals surface area (Å²) in [5.41, 5.74) is 3.42. The fourth-order valence-electron chi connectivity index (χ4n) is 2.84. The summed E-state index contributed by atoms with van der Waals surface area (Å²) >= 11 is 0. The Bertz CT molecular complexity index is 797. The van der Waals surface area contributed by atoms with Crippen molar-refractivity contribution in [2.75, 3.05) is 26.7 Å². The van der Waals surface area contributed by atoms with Crippen LogP contribution in [0.5, 0.6) is 5.75 Å². The third kappa shape index (κ3) is 9.47. The number of aliphatic imine (C=N–C) groups is 1. The van der Waals surface area contributed by atoms with E-state index < -0.39 is 0 Å². The van der Waals surface area contributed by atoms with Gasteiger partial charge in [-0.1, -0.05) is 42.5 Å². The summed E-state index contributed by atoms with van der Waals surface area (Å²) in [5, 5.41) is 9.46. The number of nitrogens with zero attached hydrogens (tertiary/aromatic N) is 1. The molecule has 0 bridgehead atoms. The van der Waals surface area contributed by atoms with Crippen LogP contribution in [0.25, 0.3) is 0 Å². The van der Waals surface area contributed by atoms with E-state index in [0.29, 0.717) is 19.5 Å². The molecule has 0 spiro atoms. The molecule has 0 aliphatic rings. The second-order valence-electron chi connectivity index (χ2n) is 6.75. The number of hydrogen-bond acceptors (Lipinski definition) is 3. The molecule has 0 aromatic heterocycles. The second kappa shape index (κ2) is 14.7. The number of amides is 1. The third-order valence-electron chi connectivity index (χ3n) is 4.46. The van der Waals surface area contributed by atoms with Gasteiger partial charge in [0.15, 0.2) is 5.96 Å². The standard InChI is InChI=1S/C23H32N4O2.HI/c1-4-24-23(25-14-12-19-11-10-18(2)21(16-19)29-3)26-15-13-22(28)27-17-20-8-6-5-7-9-20;/h5-11,16H,4,12-15,17H2,1-3H3,(H,27,28)(H2,24,25,26);1H. The maximum Gasteiger partial charge on any atom is 0.222 e. The predicted molar refractivity (Wildman–Crippen MR) is 134 cm³/mol. The number of benzene rings is 2. The van der Waals surface area contributed by atoms with Crippen molar-refractivity contribution in [1.82, 2.24) is 16.0 Å². The largest absolute Gasteiger partial charge is 0.496 e. The topological polar surface area (TPSA) is 74.8 Å². The normalized spacial score (nSPS) is 10.7. The number of rotatable bonds is 10. The summed E-state index contributed by atoms with van der Waals surface area (Å²) in [6.07, 6.45) is 1.22. The summed E-state index contributed by atoms with van der Waals surface area (Å²) in [5.74, 6) is 1.63. The van der Waals surface area contributed by atoms with Crippen molar-refractivity contribution in [3.63, 3.8) is 0 Å². The number of guanidine groups is 1. The maximum atomic E-state index is 12.0. The molecule has 0 atom stereocenters. The zero-order valence-corrected chi connectivity index (χ0v) is 20.4. The summed E-state index contributed by atoms with van der Waals surface area (Å²) in [4.78, 5) is 16.5. The van der Waals surface area contributed by atoms with E-state index >= 15 is 0 Å². The molecular weight excluding hydrogens is 491 g/mol. The number of carbonyl (C=O) groups excluding carboxylic acids is 1. The minimum atomic E-state index is 0. The van der Waals surface area contributed by atoms with Crippen molar-refractivity contribution in [3.8, 4) is 5.75 Å². The Kier molecular flexibility index (Phi) is 12.6. The highest BCUT2D eigenvalue weighted by atomic mass is 127. The molecule has 2 aromatic rings. The monoisotopic (exact) mass is 524 g/mol. The van der Waals surface area contributed by atoms with Gasteiger partial charge in [-0.2, -0.15) is 0 Å². The van der Waals surface area contributed by atoms with E-state index in [1.165, 1.54) is 5.56 Å². The smallest absolute Gasteiger partial charge is 0.222 e. The van der Waals surface area contributed by atoms with Gasteiger partial charge in [0.25, 0.3) is 0 Å². The van der Waals surface area contributed by atoms with Crippen molar-refractivity contribution in [2.24, 2.45) is 4.99 Å². The number of nitrogens with one attached hydrogen (secondary N) is 3. The Hall–Kier alpha value is -2.29. The fraction of sp³-hybridized carbons (Fsp3) is 0.391. The number of ether oxygens (including phenoxy) is 1. The van der Waals surface area contributed by atoms with Gasteiger partial charge in [0, 0.05) is 26.1 Å². The van der Waals surface area contributed by atoms with E-state index in [2.05, 4.69) is 39.1 Å². The lowest BCUT2D eigenvalue weighted by Crippen LogP contribution is -2.38. The fourth-order valence-corrected chi connectivity index (χ4v) is 2.84. The van der Waals surface area contributed by atoms with Gasteiger partial charge in [-0.3, -0.25) is 9.79 Å². The third-order valence-corrected chi connectivity index (χ3v) is 4.46. The first kappa shape index (κ1) is 25.7. The van der Waals surface area contributed by atoms with Crippen LogP contribution >= 0.6 is 24.0 Å².